The number of halogens is 1. The number of benzene rings is 2. The fraction of sp³-hybridized carbons (Fsp3) is 0.417. The maximum absolute atomic E-state index is 13.5. The summed E-state index contributed by atoms with van der Waals surface area (Å²) < 4.78 is 27.4. The summed E-state index contributed by atoms with van der Waals surface area (Å²) in [4.78, 5) is 27.7. The Morgan fingerprint density at radius 3 is 2.15 bits per heavy atom. The Morgan fingerprint density at radius 1 is 1.06 bits per heavy atom. The van der Waals surface area contributed by atoms with Crippen molar-refractivity contribution in [3.63, 3.8) is 0 Å². The van der Waals surface area contributed by atoms with Crippen molar-refractivity contribution in [2.24, 2.45) is 0 Å². The highest BCUT2D eigenvalue weighted by Crippen LogP contribution is 2.27. The first kappa shape index (κ1) is 26.9. The van der Waals surface area contributed by atoms with Crippen molar-refractivity contribution >= 4 is 43.5 Å². The van der Waals surface area contributed by atoms with Crippen molar-refractivity contribution in [3.8, 4) is 0 Å². The van der Waals surface area contributed by atoms with Crippen LogP contribution in [-0.2, 0) is 26.2 Å². The van der Waals surface area contributed by atoms with Crippen LogP contribution in [-0.4, -0.2) is 50.5 Å². The van der Waals surface area contributed by atoms with Crippen LogP contribution in [0.5, 0.6) is 0 Å². The van der Waals surface area contributed by atoms with Gasteiger partial charge in [0.1, 0.15) is 12.6 Å². The molecule has 0 heterocycles. The average molecular weight is 539 g/mol. The molecule has 0 fully saturated rings. The summed E-state index contributed by atoms with van der Waals surface area (Å²) in [7, 11) is -3.75. The smallest absolute Gasteiger partial charge is 0.244 e. The largest absolute Gasteiger partial charge is 0.354 e. The van der Waals surface area contributed by atoms with E-state index >= 15 is 0 Å². The molecule has 180 valence electrons. The van der Waals surface area contributed by atoms with E-state index in [1.54, 1.807) is 6.92 Å². The molecule has 0 aliphatic heterocycles. The molecule has 9 heteroatoms. The van der Waals surface area contributed by atoms with Crippen LogP contribution < -0.4 is 9.62 Å². The minimum Gasteiger partial charge on any atom is -0.354 e. The number of anilines is 1. The highest BCUT2D eigenvalue weighted by molar-refractivity contribution is 9.10. The van der Waals surface area contributed by atoms with E-state index in [1.165, 1.54) is 4.90 Å². The van der Waals surface area contributed by atoms with Crippen LogP contribution in [0.25, 0.3) is 0 Å². The van der Waals surface area contributed by atoms with Crippen molar-refractivity contribution in [2.45, 2.75) is 46.7 Å². The van der Waals surface area contributed by atoms with Gasteiger partial charge in [-0.05, 0) is 56.0 Å². The molecule has 33 heavy (non-hydrogen) atoms. The summed E-state index contributed by atoms with van der Waals surface area (Å²) in [6.07, 6.45) is 1.86. The Hall–Kier alpha value is -2.39. The SMILES string of the molecule is CCCNC(=O)[C@@H](C)N(Cc1ccc(Br)cc1)C(=O)CN(c1c(C)cccc1C)S(C)(=O)=O. The van der Waals surface area contributed by atoms with Gasteiger partial charge in [-0.1, -0.05) is 53.2 Å². The molecule has 0 spiro atoms. The van der Waals surface area contributed by atoms with Crippen LogP contribution in [0.15, 0.2) is 46.9 Å². The molecule has 2 aromatic carbocycles. The number of para-hydroxylation sites is 1. The number of aryl methyl sites for hydroxylation is 2. The lowest BCUT2D eigenvalue weighted by atomic mass is 10.1. The first-order valence-electron chi connectivity index (χ1n) is 10.8. The molecule has 2 amide bonds. The molecule has 0 saturated heterocycles. The van der Waals surface area contributed by atoms with Gasteiger partial charge in [0.25, 0.3) is 0 Å². The van der Waals surface area contributed by atoms with Gasteiger partial charge in [-0.2, -0.15) is 0 Å². The van der Waals surface area contributed by atoms with E-state index in [0.29, 0.717) is 12.2 Å². The molecule has 0 aliphatic carbocycles. The lowest BCUT2D eigenvalue weighted by Gasteiger charge is -2.32. The topological polar surface area (TPSA) is 86.8 Å². The van der Waals surface area contributed by atoms with E-state index in [0.717, 1.165) is 38.1 Å². The van der Waals surface area contributed by atoms with Gasteiger partial charge in [0.05, 0.1) is 11.9 Å². The molecule has 0 aromatic heterocycles. The average Bonchev–Trinajstić information content (AvgIpc) is 2.74. The Bertz CT molecular complexity index is 1070. The Balaban J connectivity index is 2.42. The summed E-state index contributed by atoms with van der Waals surface area (Å²) >= 11 is 3.40. The fourth-order valence-electron chi connectivity index (χ4n) is 3.54. The monoisotopic (exact) mass is 537 g/mol. The minimum absolute atomic E-state index is 0.178. The second kappa shape index (κ2) is 11.7. The van der Waals surface area contributed by atoms with Crippen molar-refractivity contribution in [2.75, 3.05) is 23.7 Å². The lowest BCUT2D eigenvalue weighted by Crippen LogP contribution is -2.51. The van der Waals surface area contributed by atoms with E-state index < -0.39 is 28.5 Å². The van der Waals surface area contributed by atoms with Gasteiger partial charge in [-0.25, -0.2) is 8.42 Å². The molecule has 0 radical (unpaired) electrons. The van der Waals surface area contributed by atoms with Gasteiger partial charge in [0.2, 0.25) is 21.8 Å². The van der Waals surface area contributed by atoms with Gasteiger partial charge >= 0.3 is 0 Å². The van der Waals surface area contributed by atoms with Gasteiger partial charge in [-0.15, -0.1) is 0 Å². The third-order valence-electron chi connectivity index (χ3n) is 5.35. The van der Waals surface area contributed by atoms with E-state index in [1.807, 2.05) is 63.2 Å². The van der Waals surface area contributed by atoms with Gasteiger partial charge in [0, 0.05) is 17.6 Å². The van der Waals surface area contributed by atoms with Crippen LogP contribution in [0.4, 0.5) is 5.69 Å². The number of amides is 2. The lowest BCUT2D eigenvalue weighted by molar-refractivity contribution is -0.139. The van der Waals surface area contributed by atoms with E-state index in [4.69, 9.17) is 0 Å². The Morgan fingerprint density at radius 2 is 1.64 bits per heavy atom. The van der Waals surface area contributed by atoms with Gasteiger partial charge in [-0.3, -0.25) is 13.9 Å². The van der Waals surface area contributed by atoms with Crippen molar-refractivity contribution in [3.05, 3.63) is 63.6 Å². The molecule has 7 nitrogen and oxygen atoms in total. The molecule has 1 N–H and O–H groups in total. The van der Waals surface area contributed by atoms with E-state index in [-0.39, 0.29) is 12.5 Å². The van der Waals surface area contributed by atoms with Crippen LogP contribution in [0, 0.1) is 13.8 Å². The number of carbonyl (C=O) groups is 2. The molecule has 0 aliphatic rings. The zero-order valence-corrected chi connectivity index (χ0v) is 22.2. The van der Waals surface area contributed by atoms with Gasteiger partial charge < -0.3 is 10.2 Å². The third kappa shape index (κ3) is 7.30. The van der Waals surface area contributed by atoms with E-state index in [2.05, 4.69) is 21.2 Å². The molecule has 0 bridgehead atoms. The number of carbonyl (C=O) groups excluding carboxylic acids is 2. The summed E-state index contributed by atoms with van der Waals surface area (Å²) in [6.45, 7) is 7.51. The first-order valence-corrected chi connectivity index (χ1v) is 13.4. The minimum atomic E-state index is -3.75. The first-order chi connectivity index (χ1) is 15.5. The normalized spacial score (nSPS) is 12.2. The fourth-order valence-corrected chi connectivity index (χ4v) is 4.77. The molecule has 0 saturated carbocycles. The predicted octanol–water partition coefficient (Wildman–Crippen LogP) is 3.78. The summed E-state index contributed by atoms with van der Waals surface area (Å²) in [5, 5.41) is 2.82. The number of sulfonamides is 1. The van der Waals surface area contributed by atoms with E-state index in [9.17, 15) is 18.0 Å². The summed E-state index contributed by atoms with van der Waals surface area (Å²) in [6, 6.07) is 12.1. The standard InChI is InChI=1S/C24H32BrN3O4S/c1-6-14-26-24(30)19(4)27(15-20-10-12-21(25)13-11-20)22(29)16-28(33(5,31)32)23-17(2)8-7-9-18(23)3/h7-13,19H,6,14-16H2,1-5H3,(H,26,30)/t19-/m1/s1. The van der Waals surface area contributed by atoms with Crippen LogP contribution in [0.3, 0.4) is 0 Å². The van der Waals surface area contributed by atoms with Crippen LogP contribution in [0.2, 0.25) is 0 Å². The summed E-state index contributed by atoms with van der Waals surface area (Å²) in [5.74, 6) is -0.731. The second-order valence-corrected chi connectivity index (χ2v) is 10.9. The van der Waals surface area contributed by atoms with Crippen LogP contribution in [0.1, 0.15) is 37.0 Å². The van der Waals surface area contributed by atoms with Crippen molar-refractivity contribution in [1.82, 2.24) is 10.2 Å². The molecule has 1 atom stereocenters. The predicted molar refractivity (Wildman–Crippen MR) is 136 cm³/mol. The van der Waals surface area contributed by atoms with Crippen molar-refractivity contribution in [1.29, 1.82) is 0 Å². The number of nitrogens with one attached hydrogen (secondary N) is 1. The van der Waals surface area contributed by atoms with Crippen LogP contribution >= 0.6 is 15.9 Å². The molecule has 2 aromatic rings. The number of hydrogen-bond donors (Lipinski definition) is 1. The summed E-state index contributed by atoms with van der Waals surface area (Å²) in [5.41, 5.74) is 2.82. The second-order valence-electron chi connectivity index (χ2n) is 8.13. The Kier molecular flexibility index (Phi) is 9.48. The maximum Gasteiger partial charge on any atom is 0.244 e. The highest BCUT2D eigenvalue weighted by atomic mass is 79.9. The zero-order valence-electron chi connectivity index (χ0n) is 19.8. The molecule has 2 rings (SSSR count). The highest BCUT2D eigenvalue weighted by Gasteiger charge is 2.31. The molecule has 0 unspecified atom stereocenters. The number of rotatable bonds is 10. The molecular weight excluding hydrogens is 506 g/mol. The third-order valence-corrected chi connectivity index (χ3v) is 6.99. The molecular formula is C24H32BrN3O4S. The maximum atomic E-state index is 13.5. The van der Waals surface area contributed by atoms with Gasteiger partial charge in [0.15, 0.2) is 0 Å². The quantitative estimate of drug-likeness (QED) is 0.499. The number of nitrogens with zero attached hydrogens (tertiary/aromatic N) is 2. The Labute approximate surface area is 205 Å². The van der Waals surface area contributed by atoms with Crippen molar-refractivity contribution < 1.29 is 18.0 Å². The zero-order chi connectivity index (χ0) is 24.8. The number of hydrogen-bond acceptors (Lipinski definition) is 4.